The second kappa shape index (κ2) is 7.58. The first-order valence-corrected chi connectivity index (χ1v) is 6.06. The second-order valence-electron chi connectivity index (χ2n) is 3.97. The van der Waals surface area contributed by atoms with Crippen molar-refractivity contribution < 1.29 is 19.0 Å². The SMILES string of the molecule is CCCC(COc1ccccc1OC)C(=O)OC. The maximum Gasteiger partial charge on any atom is 0.312 e. The lowest BCUT2D eigenvalue weighted by molar-refractivity contribution is -0.146. The van der Waals surface area contributed by atoms with Gasteiger partial charge in [-0.2, -0.15) is 0 Å². The summed E-state index contributed by atoms with van der Waals surface area (Å²) in [7, 11) is 2.99. The molecule has 0 aliphatic heterocycles. The van der Waals surface area contributed by atoms with Crippen molar-refractivity contribution in [3.8, 4) is 11.5 Å². The first-order valence-electron chi connectivity index (χ1n) is 6.06. The molecule has 0 aromatic heterocycles. The Morgan fingerprint density at radius 2 is 1.89 bits per heavy atom. The van der Waals surface area contributed by atoms with Gasteiger partial charge < -0.3 is 14.2 Å². The molecule has 0 fully saturated rings. The smallest absolute Gasteiger partial charge is 0.312 e. The van der Waals surface area contributed by atoms with Crippen LogP contribution in [0.3, 0.4) is 0 Å². The van der Waals surface area contributed by atoms with Gasteiger partial charge in [-0.25, -0.2) is 0 Å². The third kappa shape index (κ3) is 3.95. The summed E-state index contributed by atoms with van der Waals surface area (Å²) in [5.41, 5.74) is 0. The van der Waals surface area contributed by atoms with Gasteiger partial charge in [0.1, 0.15) is 6.61 Å². The highest BCUT2D eigenvalue weighted by Crippen LogP contribution is 2.26. The van der Waals surface area contributed by atoms with E-state index in [0.717, 1.165) is 12.8 Å². The van der Waals surface area contributed by atoms with Gasteiger partial charge in [-0.3, -0.25) is 4.79 Å². The standard InChI is InChI=1S/C14H20O4/c1-4-7-11(14(15)17-3)10-18-13-9-6-5-8-12(13)16-2/h5-6,8-9,11H,4,7,10H2,1-3H3. The first-order chi connectivity index (χ1) is 8.72. The molecule has 1 aromatic rings. The number of benzene rings is 1. The number of methoxy groups -OCH3 is 2. The highest BCUT2D eigenvalue weighted by Gasteiger charge is 2.19. The Morgan fingerprint density at radius 1 is 1.22 bits per heavy atom. The van der Waals surface area contributed by atoms with E-state index >= 15 is 0 Å². The van der Waals surface area contributed by atoms with Crippen LogP contribution in [0.25, 0.3) is 0 Å². The Hall–Kier alpha value is -1.71. The molecule has 4 heteroatoms. The molecule has 0 amide bonds. The van der Waals surface area contributed by atoms with Crippen LogP contribution in [0.5, 0.6) is 11.5 Å². The average Bonchev–Trinajstić information content (AvgIpc) is 2.42. The molecule has 4 nitrogen and oxygen atoms in total. The summed E-state index contributed by atoms with van der Waals surface area (Å²) in [5, 5.41) is 0. The molecule has 1 aromatic carbocycles. The fraction of sp³-hybridized carbons (Fsp3) is 0.500. The van der Waals surface area contributed by atoms with Crippen LogP contribution in [0.2, 0.25) is 0 Å². The van der Waals surface area contributed by atoms with Crippen LogP contribution in [-0.4, -0.2) is 26.8 Å². The molecule has 0 bridgehead atoms. The molecule has 1 unspecified atom stereocenters. The molecule has 0 radical (unpaired) electrons. The van der Waals surface area contributed by atoms with Crippen molar-refractivity contribution in [1.29, 1.82) is 0 Å². The zero-order chi connectivity index (χ0) is 13.4. The molecule has 0 aliphatic rings. The Kier molecular flexibility index (Phi) is 6.05. The van der Waals surface area contributed by atoms with E-state index in [1.807, 2.05) is 31.2 Å². The maximum absolute atomic E-state index is 11.5. The highest BCUT2D eigenvalue weighted by molar-refractivity contribution is 5.72. The molecule has 0 N–H and O–H groups in total. The second-order valence-corrected chi connectivity index (χ2v) is 3.97. The normalized spacial score (nSPS) is 11.7. The molecule has 0 heterocycles. The van der Waals surface area contributed by atoms with Gasteiger partial charge in [0.25, 0.3) is 0 Å². The fourth-order valence-corrected chi connectivity index (χ4v) is 1.71. The van der Waals surface area contributed by atoms with E-state index in [1.54, 1.807) is 7.11 Å². The fourth-order valence-electron chi connectivity index (χ4n) is 1.71. The molecule has 18 heavy (non-hydrogen) atoms. The van der Waals surface area contributed by atoms with Crippen molar-refractivity contribution in [3.63, 3.8) is 0 Å². The van der Waals surface area contributed by atoms with Gasteiger partial charge in [-0.05, 0) is 18.6 Å². The number of para-hydroxylation sites is 2. The topological polar surface area (TPSA) is 44.8 Å². The third-order valence-electron chi connectivity index (χ3n) is 2.68. The third-order valence-corrected chi connectivity index (χ3v) is 2.68. The van der Waals surface area contributed by atoms with Crippen LogP contribution in [0.4, 0.5) is 0 Å². The summed E-state index contributed by atoms with van der Waals surface area (Å²) >= 11 is 0. The van der Waals surface area contributed by atoms with E-state index in [1.165, 1.54) is 7.11 Å². The number of ether oxygens (including phenoxy) is 3. The minimum atomic E-state index is -0.232. The van der Waals surface area contributed by atoms with Crippen molar-refractivity contribution in [2.45, 2.75) is 19.8 Å². The predicted molar refractivity (Wildman–Crippen MR) is 68.9 cm³/mol. The monoisotopic (exact) mass is 252 g/mol. The number of esters is 1. The first kappa shape index (κ1) is 14.4. The number of carbonyl (C=O) groups excluding carboxylic acids is 1. The van der Waals surface area contributed by atoms with Crippen molar-refractivity contribution >= 4 is 5.97 Å². The maximum atomic E-state index is 11.5. The molecular formula is C14H20O4. The molecule has 100 valence electrons. The van der Waals surface area contributed by atoms with Crippen molar-refractivity contribution in [2.75, 3.05) is 20.8 Å². The van der Waals surface area contributed by atoms with E-state index in [4.69, 9.17) is 14.2 Å². The highest BCUT2D eigenvalue weighted by atomic mass is 16.5. The number of hydrogen-bond donors (Lipinski definition) is 0. The number of hydrogen-bond acceptors (Lipinski definition) is 4. The van der Waals surface area contributed by atoms with E-state index in [-0.39, 0.29) is 11.9 Å². The van der Waals surface area contributed by atoms with Crippen LogP contribution in [0.15, 0.2) is 24.3 Å². The number of rotatable bonds is 7. The zero-order valence-corrected chi connectivity index (χ0v) is 11.1. The molecule has 0 aliphatic carbocycles. The van der Waals surface area contributed by atoms with Gasteiger partial charge in [0.15, 0.2) is 11.5 Å². The van der Waals surface area contributed by atoms with Crippen LogP contribution in [0.1, 0.15) is 19.8 Å². The molecule has 0 saturated heterocycles. The van der Waals surface area contributed by atoms with E-state index in [2.05, 4.69) is 0 Å². The van der Waals surface area contributed by atoms with Gasteiger partial charge in [-0.15, -0.1) is 0 Å². The van der Waals surface area contributed by atoms with Crippen molar-refractivity contribution in [1.82, 2.24) is 0 Å². The van der Waals surface area contributed by atoms with E-state index in [9.17, 15) is 4.79 Å². The lowest BCUT2D eigenvalue weighted by Crippen LogP contribution is -2.23. The van der Waals surface area contributed by atoms with Gasteiger partial charge in [0, 0.05) is 0 Å². The summed E-state index contributed by atoms with van der Waals surface area (Å²) in [4.78, 5) is 11.5. The average molecular weight is 252 g/mol. The van der Waals surface area contributed by atoms with Gasteiger partial charge >= 0.3 is 5.97 Å². The van der Waals surface area contributed by atoms with E-state index < -0.39 is 0 Å². The van der Waals surface area contributed by atoms with E-state index in [0.29, 0.717) is 18.1 Å². The van der Waals surface area contributed by atoms with Gasteiger partial charge in [0.2, 0.25) is 0 Å². The van der Waals surface area contributed by atoms with Crippen molar-refractivity contribution in [2.24, 2.45) is 5.92 Å². The summed E-state index contributed by atoms with van der Waals surface area (Å²) in [6.45, 7) is 2.33. The largest absolute Gasteiger partial charge is 0.493 e. The minimum absolute atomic E-state index is 0.230. The van der Waals surface area contributed by atoms with Gasteiger partial charge in [0.05, 0.1) is 20.1 Å². The van der Waals surface area contributed by atoms with Crippen LogP contribution in [-0.2, 0) is 9.53 Å². The lowest BCUT2D eigenvalue weighted by atomic mass is 10.1. The molecule has 1 rings (SSSR count). The molecule has 0 spiro atoms. The Balaban J connectivity index is 2.63. The summed E-state index contributed by atoms with van der Waals surface area (Å²) in [6, 6.07) is 7.38. The summed E-state index contributed by atoms with van der Waals surface area (Å²) in [6.07, 6.45) is 1.66. The predicted octanol–water partition coefficient (Wildman–Crippen LogP) is 2.66. The van der Waals surface area contributed by atoms with Crippen LogP contribution in [0, 0.1) is 5.92 Å². The lowest BCUT2D eigenvalue weighted by Gasteiger charge is -2.16. The summed E-state index contributed by atoms with van der Waals surface area (Å²) in [5.74, 6) is 0.847. The van der Waals surface area contributed by atoms with Crippen molar-refractivity contribution in [3.05, 3.63) is 24.3 Å². The zero-order valence-electron chi connectivity index (χ0n) is 11.1. The minimum Gasteiger partial charge on any atom is -0.493 e. The van der Waals surface area contributed by atoms with Crippen LogP contribution >= 0.6 is 0 Å². The molecule has 1 atom stereocenters. The van der Waals surface area contributed by atoms with Crippen LogP contribution < -0.4 is 9.47 Å². The summed E-state index contributed by atoms with van der Waals surface area (Å²) < 4.78 is 15.6. The molecular weight excluding hydrogens is 232 g/mol. The van der Waals surface area contributed by atoms with Gasteiger partial charge in [-0.1, -0.05) is 25.5 Å². The Labute approximate surface area is 108 Å². The Bertz CT molecular complexity index is 376. The Morgan fingerprint density at radius 3 is 2.44 bits per heavy atom. The quantitative estimate of drug-likeness (QED) is 0.700. The number of carbonyl (C=O) groups is 1. The molecule has 0 saturated carbocycles.